The van der Waals surface area contributed by atoms with Gasteiger partial charge in [-0.05, 0) is 32.0 Å². The summed E-state index contributed by atoms with van der Waals surface area (Å²) >= 11 is 7.59. The fourth-order valence-corrected chi connectivity index (χ4v) is 2.52. The van der Waals surface area contributed by atoms with Gasteiger partial charge < -0.3 is 10.5 Å². The van der Waals surface area contributed by atoms with E-state index in [9.17, 15) is 0 Å². The lowest BCUT2D eigenvalue weighted by molar-refractivity contribution is 0.305. The Bertz CT molecular complexity index is 540. The van der Waals surface area contributed by atoms with Gasteiger partial charge in [0.1, 0.15) is 12.4 Å². The van der Waals surface area contributed by atoms with Crippen molar-refractivity contribution in [2.75, 3.05) is 0 Å². The van der Waals surface area contributed by atoms with E-state index in [4.69, 9.17) is 22.1 Å². The van der Waals surface area contributed by atoms with Gasteiger partial charge in [-0.1, -0.05) is 11.6 Å². The van der Waals surface area contributed by atoms with Crippen LogP contribution in [-0.4, -0.2) is 4.98 Å². The summed E-state index contributed by atoms with van der Waals surface area (Å²) in [6, 6.07) is 5.40. The Morgan fingerprint density at radius 3 is 2.89 bits per heavy atom. The number of nitrogens with two attached hydrogens (primary N) is 1. The lowest BCUT2D eigenvalue weighted by Crippen LogP contribution is -2.07. The minimum absolute atomic E-state index is 0.109. The molecule has 18 heavy (non-hydrogen) atoms. The van der Waals surface area contributed by atoms with Crippen LogP contribution in [0.15, 0.2) is 24.4 Å². The van der Waals surface area contributed by atoms with E-state index in [0.29, 0.717) is 11.6 Å². The number of thiazole rings is 1. The smallest absolute Gasteiger partial charge is 0.124 e. The van der Waals surface area contributed by atoms with Gasteiger partial charge in [0.25, 0.3) is 0 Å². The highest BCUT2D eigenvalue weighted by Crippen LogP contribution is 2.28. The number of ether oxygens (including phenoxy) is 1. The zero-order valence-electron chi connectivity index (χ0n) is 10.3. The number of hydrogen-bond donors (Lipinski definition) is 1. The van der Waals surface area contributed by atoms with Crippen LogP contribution < -0.4 is 10.5 Å². The first-order valence-electron chi connectivity index (χ1n) is 5.65. The largest absolute Gasteiger partial charge is 0.488 e. The SMILES string of the molecule is Cc1ncc(COc2ccc(Cl)cc2C(C)N)s1. The third kappa shape index (κ3) is 3.22. The van der Waals surface area contributed by atoms with Crippen LogP contribution in [0.5, 0.6) is 5.75 Å². The van der Waals surface area contributed by atoms with E-state index in [-0.39, 0.29) is 6.04 Å². The summed E-state index contributed by atoms with van der Waals surface area (Å²) in [5.74, 6) is 0.778. The second kappa shape index (κ2) is 5.69. The molecule has 0 bridgehead atoms. The molecule has 0 saturated carbocycles. The predicted octanol–water partition coefficient (Wildman–Crippen LogP) is 3.70. The van der Waals surface area contributed by atoms with Crippen LogP contribution in [0.3, 0.4) is 0 Å². The van der Waals surface area contributed by atoms with E-state index >= 15 is 0 Å². The summed E-state index contributed by atoms with van der Waals surface area (Å²) in [6.45, 7) is 4.39. The first kappa shape index (κ1) is 13.3. The van der Waals surface area contributed by atoms with Crippen molar-refractivity contribution in [2.45, 2.75) is 26.5 Å². The van der Waals surface area contributed by atoms with Crippen LogP contribution in [0.1, 0.15) is 28.4 Å². The molecule has 5 heteroatoms. The summed E-state index contributed by atoms with van der Waals surface area (Å²) < 4.78 is 5.78. The molecule has 1 aromatic carbocycles. The maximum atomic E-state index is 5.96. The number of hydrogen-bond acceptors (Lipinski definition) is 4. The third-order valence-corrected chi connectivity index (χ3v) is 3.62. The summed E-state index contributed by atoms with van der Waals surface area (Å²) in [5, 5.41) is 1.71. The molecule has 0 aliphatic carbocycles. The van der Waals surface area contributed by atoms with Gasteiger partial charge in [-0.2, -0.15) is 0 Å². The Morgan fingerprint density at radius 2 is 2.28 bits per heavy atom. The molecule has 2 rings (SSSR count). The maximum absolute atomic E-state index is 5.96. The number of halogens is 1. The lowest BCUT2D eigenvalue weighted by atomic mass is 10.1. The number of nitrogens with zero attached hydrogens (tertiary/aromatic N) is 1. The van der Waals surface area contributed by atoms with Crippen molar-refractivity contribution in [3.63, 3.8) is 0 Å². The van der Waals surface area contributed by atoms with Crippen LogP contribution in [0.25, 0.3) is 0 Å². The normalized spacial score (nSPS) is 12.4. The summed E-state index contributed by atoms with van der Waals surface area (Å²) in [5.41, 5.74) is 6.83. The molecule has 2 aromatic rings. The molecule has 0 spiro atoms. The molecule has 1 aromatic heterocycles. The number of benzene rings is 1. The molecule has 0 amide bonds. The molecule has 1 unspecified atom stereocenters. The molecule has 96 valence electrons. The highest BCUT2D eigenvalue weighted by atomic mass is 35.5. The van der Waals surface area contributed by atoms with Gasteiger partial charge >= 0.3 is 0 Å². The average Bonchev–Trinajstić information content (AvgIpc) is 2.73. The molecule has 2 N–H and O–H groups in total. The van der Waals surface area contributed by atoms with E-state index in [1.165, 1.54) is 0 Å². The highest BCUT2D eigenvalue weighted by molar-refractivity contribution is 7.11. The van der Waals surface area contributed by atoms with Crippen molar-refractivity contribution in [1.82, 2.24) is 4.98 Å². The van der Waals surface area contributed by atoms with Gasteiger partial charge in [0.15, 0.2) is 0 Å². The molecule has 0 aliphatic rings. The van der Waals surface area contributed by atoms with E-state index in [0.717, 1.165) is 21.2 Å². The summed E-state index contributed by atoms with van der Waals surface area (Å²) in [4.78, 5) is 5.29. The Hall–Kier alpha value is -1.10. The quantitative estimate of drug-likeness (QED) is 0.930. The van der Waals surface area contributed by atoms with Crippen molar-refractivity contribution < 1.29 is 4.74 Å². The Balaban J connectivity index is 2.13. The third-order valence-electron chi connectivity index (χ3n) is 2.50. The first-order valence-corrected chi connectivity index (χ1v) is 6.85. The lowest BCUT2D eigenvalue weighted by Gasteiger charge is -2.13. The van der Waals surface area contributed by atoms with Crippen LogP contribution in [0.4, 0.5) is 0 Å². The molecule has 0 aliphatic heterocycles. The van der Waals surface area contributed by atoms with Crippen molar-refractivity contribution >= 4 is 22.9 Å². The minimum Gasteiger partial charge on any atom is -0.488 e. The topological polar surface area (TPSA) is 48.1 Å². The van der Waals surface area contributed by atoms with Gasteiger partial charge in [-0.15, -0.1) is 11.3 Å². The van der Waals surface area contributed by atoms with Crippen molar-refractivity contribution in [3.8, 4) is 5.75 Å². The summed E-state index contributed by atoms with van der Waals surface area (Å²) in [6.07, 6.45) is 1.83. The molecule has 0 saturated heterocycles. The molecule has 0 radical (unpaired) electrons. The first-order chi connectivity index (χ1) is 8.56. The second-order valence-corrected chi connectivity index (χ2v) is 5.86. The molecule has 0 fully saturated rings. The standard InChI is InChI=1S/C13H15ClN2OS/c1-8(15)12-5-10(14)3-4-13(12)17-7-11-6-16-9(2)18-11/h3-6,8H,7,15H2,1-2H3. The fraction of sp³-hybridized carbons (Fsp3) is 0.308. The van der Waals surface area contributed by atoms with Crippen molar-refractivity contribution in [3.05, 3.63) is 44.9 Å². The van der Waals surface area contributed by atoms with Gasteiger partial charge in [-0.25, -0.2) is 4.98 Å². The Labute approximate surface area is 116 Å². The highest BCUT2D eigenvalue weighted by Gasteiger charge is 2.09. The van der Waals surface area contributed by atoms with E-state index in [2.05, 4.69) is 4.98 Å². The zero-order valence-corrected chi connectivity index (χ0v) is 11.9. The molecular formula is C13H15ClN2OS. The zero-order chi connectivity index (χ0) is 13.1. The molecule has 1 heterocycles. The Morgan fingerprint density at radius 1 is 1.50 bits per heavy atom. The van der Waals surface area contributed by atoms with Crippen molar-refractivity contribution in [2.24, 2.45) is 5.73 Å². The summed E-state index contributed by atoms with van der Waals surface area (Å²) in [7, 11) is 0. The number of aromatic nitrogens is 1. The second-order valence-electron chi connectivity index (χ2n) is 4.11. The van der Waals surface area contributed by atoms with E-state index < -0.39 is 0 Å². The van der Waals surface area contributed by atoms with Crippen LogP contribution in [0.2, 0.25) is 5.02 Å². The van der Waals surface area contributed by atoms with E-state index in [1.54, 1.807) is 17.4 Å². The predicted molar refractivity (Wildman–Crippen MR) is 75.2 cm³/mol. The van der Waals surface area contributed by atoms with Gasteiger partial charge in [0, 0.05) is 22.8 Å². The number of aryl methyl sites for hydroxylation is 1. The number of rotatable bonds is 4. The average molecular weight is 283 g/mol. The molecule has 3 nitrogen and oxygen atoms in total. The maximum Gasteiger partial charge on any atom is 0.124 e. The van der Waals surface area contributed by atoms with Crippen LogP contribution in [0, 0.1) is 6.92 Å². The minimum atomic E-state index is -0.109. The van der Waals surface area contributed by atoms with Crippen LogP contribution in [-0.2, 0) is 6.61 Å². The van der Waals surface area contributed by atoms with Gasteiger partial charge in [0.05, 0.1) is 9.88 Å². The molecular weight excluding hydrogens is 268 g/mol. The molecule has 1 atom stereocenters. The fourth-order valence-electron chi connectivity index (χ4n) is 1.63. The van der Waals surface area contributed by atoms with Crippen molar-refractivity contribution in [1.29, 1.82) is 0 Å². The van der Waals surface area contributed by atoms with Crippen LogP contribution >= 0.6 is 22.9 Å². The Kier molecular flexibility index (Phi) is 4.22. The van der Waals surface area contributed by atoms with E-state index in [1.807, 2.05) is 32.2 Å². The monoisotopic (exact) mass is 282 g/mol. The van der Waals surface area contributed by atoms with Gasteiger partial charge in [0.2, 0.25) is 0 Å². The van der Waals surface area contributed by atoms with Gasteiger partial charge in [-0.3, -0.25) is 0 Å².